The Bertz CT molecular complexity index is 1010. The minimum absolute atomic E-state index is 0.398. The lowest BCUT2D eigenvalue weighted by Crippen LogP contribution is -2.04. The average Bonchev–Trinajstić information content (AvgIpc) is 2.73. The Hall–Kier alpha value is -2.08. The van der Waals surface area contributed by atoms with Gasteiger partial charge in [0.1, 0.15) is 12.4 Å². The van der Waals surface area contributed by atoms with Crippen molar-refractivity contribution in [2.24, 2.45) is 0 Å². The van der Waals surface area contributed by atoms with Crippen molar-refractivity contribution in [1.29, 1.82) is 0 Å². The first kappa shape index (κ1) is 22.6. The van der Waals surface area contributed by atoms with Crippen LogP contribution in [0, 0.1) is 0 Å². The number of benzene rings is 3. The third-order valence-electron chi connectivity index (χ3n) is 4.33. The zero-order chi connectivity index (χ0) is 21.5. The van der Waals surface area contributed by atoms with E-state index in [4.69, 9.17) is 37.4 Å². The van der Waals surface area contributed by atoms with Crippen LogP contribution in [0.1, 0.15) is 18.1 Å². The second kappa shape index (κ2) is 10.8. The van der Waals surface area contributed by atoms with Gasteiger partial charge in [-0.1, -0.05) is 51.3 Å². The van der Waals surface area contributed by atoms with Crippen LogP contribution in [-0.2, 0) is 13.2 Å². The first-order chi connectivity index (χ1) is 14.5. The molecule has 7 heteroatoms. The Morgan fingerprint density at radius 3 is 2.43 bits per heavy atom. The van der Waals surface area contributed by atoms with E-state index in [1.165, 1.54) is 0 Å². The lowest BCUT2D eigenvalue weighted by molar-refractivity contribution is 0.269. The third-order valence-corrected chi connectivity index (χ3v) is 5.60. The Kier molecular flexibility index (Phi) is 8.14. The summed E-state index contributed by atoms with van der Waals surface area (Å²) in [6, 6.07) is 17.1. The molecule has 0 unspecified atom stereocenters. The first-order valence-electron chi connectivity index (χ1n) is 9.40. The Labute approximate surface area is 195 Å². The zero-order valence-corrected chi connectivity index (χ0v) is 19.8. The summed E-state index contributed by atoms with van der Waals surface area (Å²) in [7, 11) is 1.59. The molecule has 158 valence electrons. The van der Waals surface area contributed by atoms with E-state index in [1.807, 2.05) is 61.5 Å². The fourth-order valence-corrected chi connectivity index (χ4v) is 3.79. The molecule has 0 heterocycles. The maximum atomic E-state index is 6.21. The lowest BCUT2D eigenvalue weighted by atomic mass is 10.2. The molecule has 0 amide bonds. The van der Waals surface area contributed by atoms with Gasteiger partial charge in [-0.3, -0.25) is 0 Å². The second-order valence-electron chi connectivity index (χ2n) is 6.44. The van der Waals surface area contributed by atoms with Gasteiger partial charge in [0.05, 0.1) is 18.7 Å². The van der Waals surface area contributed by atoms with Crippen LogP contribution >= 0.6 is 39.1 Å². The molecular formula is C23H22BrCl2NO3. The Morgan fingerprint density at radius 1 is 0.933 bits per heavy atom. The van der Waals surface area contributed by atoms with E-state index in [9.17, 15) is 0 Å². The summed E-state index contributed by atoms with van der Waals surface area (Å²) in [5.74, 6) is 2.00. The summed E-state index contributed by atoms with van der Waals surface area (Å²) in [5, 5.41) is 4.61. The van der Waals surface area contributed by atoms with Gasteiger partial charge in [0.25, 0.3) is 0 Å². The monoisotopic (exact) mass is 509 g/mol. The van der Waals surface area contributed by atoms with Crippen molar-refractivity contribution in [3.63, 3.8) is 0 Å². The molecule has 4 nitrogen and oxygen atoms in total. The van der Waals surface area contributed by atoms with Gasteiger partial charge in [-0.15, -0.1) is 0 Å². The minimum Gasteiger partial charge on any atom is -0.495 e. The SMILES string of the molecule is CCOc1cc(CNc2ccc(OC)c(Cl)c2)c(Br)cc1OCc1cccc(Cl)c1. The van der Waals surface area contributed by atoms with Gasteiger partial charge in [-0.2, -0.15) is 0 Å². The number of halogens is 3. The molecule has 3 aromatic rings. The maximum absolute atomic E-state index is 6.21. The predicted octanol–water partition coefficient (Wildman–Crippen LogP) is 7.35. The van der Waals surface area contributed by atoms with Gasteiger partial charge < -0.3 is 19.5 Å². The highest BCUT2D eigenvalue weighted by Crippen LogP contribution is 2.35. The quantitative estimate of drug-likeness (QED) is 0.326. The van der Waals surface area contributed by atoms with Crippen molar-refractivity contribution in [1.82, 2.24) is 0 Å². The van der Waals surface area contributed by atoms with Crippen LogP contribution < -0.4 is 19.5 Å². The van der Waals surface area contributed by atoms with E-state index in [2.05, 4.69) is 21.2 Å². The minimum atomic E-state index is 0.398. The van der Waals surface area contributed by atoms with Crippen LogP contribution in [0.5, 0.6) is 17.2 Å². The lowest BCUT2D eigenvalue weighted by Gasteiger charge is -2.16. The number of hydrogen-bond donors (Lipinski definition) is 1. The van der Waals surface area contributed by atoms with Gasteiger partial charge in [-0.25, -0.2) is 0 Å². The molecule has 30 heavy (non-hydrogen) atoms. The summed E-state index contributed by atoms with van der Waals surface area (Å²) in [6.45, 7) is 3.46. The predicted molar refractivity (Wildman–Crippen MR) is 126 cm³/mol. The number of hydrogen-bond acceptors (Lipinski definition) is 4. The van der Waals surface area contributed by atoms with E-state index >= 15 is 0 Å². The van der Waals surface area contributed by atoms with Crippen molar-refractivity contribution >= 4 is 44.8 Å². The molecule has 3 aromatic carbocycles. The average molecular weight is 511 g/mol. The van der Waals surface area contributed by atoms with E-state index in [0.717, 1.165) is 21.3 Å². The van der Waals surface area contributed by atoms with Crippen molar-refractivity contribution in [2.45, 2.75) is 20.1 Å². The van der Waals surface area contributed by atoms with Gasteiger partial charge in [-0.05, 0) is 60.5 Å². The number of nitrogens with one attached hydrogen (secondary N) is 1. The molecule has 0 aromatic heterocycles. The molecule has 0 fully saturated rings. The molecule has 0 bridgehead atoms. The molecule has 0 saturated heterocycles. The number of methoxy groups -OCH3 is 1. The number of rotatable bonds is 9. The normalized spacial score (nSPS) is 10.6. The summed E-state index contributed by atoms with van der Waals surface area (Å²) in [5.41, 5.74) is 2.91. The standard InChI is InChI=1S/C23H22BrCl2NO3/c1-3-29-22-10-16(13-27-18-7-8-21(28-2)20(26)11-18)19(24)12-23(22)30-14-15-5-4-6-17(25)9-15/h4-12,27H,3,13-14H2,1-2H3. The summed E-state index contributed by atoms with van der Waals surface area (Å²) in [6.07, 6.45) is 0. The van der Waals surface area contributed by atoms with Gasteiger partial charge >= 0.3 is 0 Å². The number of ether oxygens (including phenoxy) is 3. The second-order valence-corrected chi connectivity index (χ2v) is 8.14. The van der Waals surface area contributed by atoms with Crippen LogP contribution in [0.4, 0.5) is 5.69 Å². The van der Waals surface area contributed by atoms with E-state index in [1.54, 1.807) is 7.11 Å². The molecule has 0 aliphatic heterocycles. The molecule has 0 aliphatic rings. The van der Waals surface area contributed by atoms with E-state index in [-0.39, 0.29) is 0 Å². The Morgan fingerprint density at radius 2 is 1.73 bits per heavy atom. The van der Waals surface area contributed by atoms with Crippen molar-refractivity contribution in [3.05, 3.63) is 80.2 Å². The highest BCUT2D eigenvalue weighted by molar-refractivity contribution is 9.10. The maximum Gasteiger partial charge on any atom is 0.162 e. The van der Waals surface area contributed by atoms with Crippen molar-refractivity contribution in [3.8, 4) is 17.2 Å². The van der Waals surface area contributed by atoms with E-state index < -0.39 is 0 Å². The molecular weight excluding hydrogens is 489 g/mol. The van der Waals surface area contributed by atoms with Gasteiger partial charge in [0.15, 0.2) is 11.5 Å². The largest absolute Gasteiger partial charge is 0.495 e. The van der Waals surface area contributed by atoms with Crippen LogP contribution in [0.15, 0.2) is 59.1 Å². The molecule has 0 radical (unpaired) electrons. The summed E-state index contributed by atoms with van der Waals surface area (Å²) >= 11 is 15.9. The van der Waals surface area contributed by atoms with Crippen molar-refractivity contribution < 1.29 is 14.2 Å². The molecule has 0 atom stereocenters. The third kappa shape index (κ3) is 5.97. The van der Waals surface area contributed by atoms with Crippen LogP contribution in [0.2, 0.25) is 10.0 Å². The van der Waals surface area contributed by atoms with Crippen molar-refractivity contribution in [2.75, 3.05) is 19.0 Å². The first-order valence-corrected chi connectivity index (χ1v) is 10.9. The fraction of sp³-hybridized carbons (Fsp3) is 0.217. The zero-order valence-electron chi connectivity index (χ0n) is 16.7. The van der Waals surface area contributed by atoms with Crippen LogP contribution in [-0.4, -0.2) is 13.7 Å². The summed E-state index contributed by atoms with van der Waals surface area (Å²) < 4.78 is 17.9. The molecule has 1 N–H and O–H groups in total. The molecule has 0 saturated carbocycles. The van der Waals surface area contributed by atoms with Crippen LogP contribution in [0.25, 0.3) is 0 Å². The van der Waals surface area contributed by atoms with Crippen LogP contribution in [0.3, 0.4) is 0 Å². The Balaban J connectivity index is 1.74. The molecule has 0 spiro atoms. The topological polar surface area (TPSA) is 39.7 Å². The number of anilines is 1. The van der Waals surface area contributed by atoms with Gasteiger partial charge in [0.2, 0.25) is 0 Å². The van der Waals surface area contributed by atoms with Gasteiger partial charge in [0, 0.05) is 21.7 Å². The summed E-state index contributed by atoms with van der Waals surface area (Å²) in [4.78, 5) is 0. The smallest absolute Gasteiger partial charge is 0.162 e. The van der Waals surface area contributed by atoms with E-state index in [0.29, 0.717) is 47.1 Å². The molecule has 3 rings (SSSR count). The fourth-order valence-electron chi connectivity index (χ4n) is 2.86. The molecule has 0 aliphatic carbocycles. The highest BCUT2D eigenvalue weighted by atomic mass is 79.9. The highest BCUT2D eigenvalue weighted by Gasteiger charge is 2.12.